The molecule has 0 saturated carbocycles. The summed E-state index contributed by atoms with van der Waals surface area (Å²) >= 11 is 0. The zero-order chi connectivity index (χ0) is 27.8. The molecule has 0 atom stereocenters. The number of unbranched alkanes of at least 4 members (excludes halogenated alkanes) is 10. The van der Waals surface area contributed by atoms with Crippen molar-refractivity contribution in [3.63, 3.8) is 0 Å². The molecule has 0 aliphatic carbocycles. The van der Waals surface area contributed by atoms with Gasteiger partial charge in [-0.05, 0) is 55.2 Å². The topological polar surface area (TPSA) is 107 Å². The number of rotatable bonds is 18. The van der Waals surface area contributed by atoms with Crippen molar-refractivity contribution in [1.82, 2.24) is 0 Å². The minimum absolute atomic E-state index is 0.0927. The molecule has 210 valence electrons. The van der Waals surface area contributed by atoms with E-state index in [0.717, 1.165) is 56.2 Å². The first kappa shape index (κ1) is 31.5. The maximum Gasteiger partial charge on any atom is 0.344 e. The largest absolute Gasteiger partial charge is 0.462 e. The summed E-state index contributed by atoms with van der Waals surface area (Å²) in [6.45, 7) is 4.64. The van der Waals surface area contributed by atoms with Crippen molar-refractivity contribution in [3.8, 4) is 5.75 Å². The predicted octanol–water partition coefficient (Wildman–Crippen LogP) is 7.57. The number of benzene rings is 2. The molecule has 2 aromatic rings. The lowest BCUT2D eigenvalue weighted by Crippen LogP contribution is -2.18. The van der Waals surface area contributed by atoms with Gasteiger partial charge < -0.3 is 9.47 Å². The quantitative estimate of drug-likeness (QED) is 0.0889. The van der Waals surface area contributed by atoms with E-state index in [-0.39, 0.29) is 21.8 Å². The Hall–Kier alpha value is -2.71. The second-order valence-corrected chi connectivity index (χ2v) is 11.0. The van der Waals surface area contributed by atoms with Crippen LogP contribution in [0.5, 0.6) is 5.75 Å². The molecule has 0 aliphatic rings. The zero-order valence-corrected chi connectivity index (χ0v) is 23.6. The van der Waals surface area contributed by atoms with E-state index < -0.39 is 22.1 Å². The molecule has 38 heavy (non-hydrogen) atoms. The molecule has 0 aliphatic heterocycles. The van der Waals surface area contributed by atoms with Crippen LogP contribution in [0, 0.1) is 0 Å². The van der Waals surface area contributed by atoms with Crippen LogP contribution in [0.4, 0.5) is 0 Å². The van der Waals surface area contributed by atoms with Gasteiger partial charge in [0, 0.05) is 0 Å². The van der Waals surface area contributed by atoms with Crippen molar-refractivity contribution in [2.75, 3.05) is 6.61 Å². The summed E-state index contributed by atoms with van der Waals surface area (Å²) in [7, 11) is -4.36. The highest BCUT2D eigenvalue weighted by molar-refractivity contribution is 7.85. The van der Waals surface area contributed by atoms with Crippen LogP contribution in [0.2, 0.25) is 0 Å². The summed E-state index contributed by atoms with van der Waals surface area (Å²) in [5.74, 6) is -1.18. The highest BCUT2D eigenvalue weighted by Crippen LogP contribution is 2.23. The van der Waals surface area contributed by atoms with Gasteiger partial charge in [0.05, 0.1) is 22.6 Å². The molecule has 0 heterocycles. The fraction of sp³-hybridized carbons (Fsp3) is 0.533. The van der Waals surface area contributed by atoms with Crippen molar-refractivity contribution in [2.24, 2.45) is 0 Å². The van der Waals surface area contributed by atoms with Crippen molar-refractivity contribution in [1.29, 1.82) is 0 Å². The van der Waals surface area contributed by atoms with Crippen LogP contribution in [0.1, 0.15) is 117 Å². The van der Waals surface area contributed by atoms with E-state index in [1.54, 1.807) is 12.1 Å². The van der Waals surface area contributed by atoms with Crippen molar-refractivity contribution in [3.05, 3.63) is 59.2 Å². The van der Waals surface area contributed by atoms with E-state index in [4.69, 9.17) is 14.0 Å². The fourth-order valence-corrected chi connectivity index (χ4v) is 4.76. The molecule has 0 unspecified atom stereocenters. The average molecular weight is 547 g/mol. The van der Waals surface area contributed by atoms with E-state index in [1.807, 2.05) is 6.07 Å². The Morgan fingerprint density at radius 1 is 0.737 bits per heavy atom. The first-order valence-electron chi connectivity index (χ1n) is 13.9. The zero-order valence-electron chi connectivity index (χ0n) is 22.7. The number of ether oxygens (including phenoxy) is 2. The number of hydrogen-bond donors (Lipinski definition) is 1. The molecule has 0 saturated heterocycles. The predicted molar refractivity (Wildman–Crippen MR) is 148 cm³/mol. The molecule has 0 spiro atoms. The third-order valence-corrected chi connectivity index (χ3v) is 7.31. The Bertz CT molecular complexity index is 1110. The molecule has 0 amide bonds. The molecule has 2 rings (SSSR count). The van der Waals surface area contributed by atoms with Crippen LogP contribution >= 0.6 is 0 Å². The Morgan fingerprint density at radius 3 is 1.92 bits per heavy atom. The number of esters is 2. The second kappa shape index (κ2) is 17.0. The smallest absolute Gasteiger partial charge is 0.344 e. The van der Waals surface area contributed by atoms with Crippen molar-refractivity contribution < 1.29 is 32.0 Å². The molecule has 0 radical (unpaired) electrons. The van der Waals surface area contributed by atoms with Gasteiger partial charge in [-0.3, -0.25) is 4.55 Å². The maximum atomic E-state index is 13.2. The van der Waals surface area contributed by atoms with Gasteiger partial charge in [0.1, 0.15) is 5.75 Å². The molecule has 0 fully saturated rings. The van der Waals surface area contributed by atoms with Gasteiger partial charge >= 0.3 is 11.9 Å². The summed E-state index contributed by atoms with van der Waals surface area (Å²) in [6, 6.07) is 9.96. The Kier molecular flexibility index (Phi) is 14.1. The van der Waals surface area contributed by atoms with Gasteiger partial charge in [0.15, 0.2) is 0 Å². The van der Waals surface area contributed by atoms with Crippen LogP contribution in [0.25, 0.3) is 0 Å². The summed E-state index contributed by atoms with van der Waals surface area (Å²) in [5.41, 5.74) is 1.09. The molecule has 2 aromatic carbocycles. The van der Waals surface area contributed by atoms with Crippen LogP contribution in [-0.2, 0) is 21.3 Å². The van der Waals surface area contributed by atoms with Crippen molar-refractivity contribution in [2.45, 2.75) is 102 Å². The number of carbonyl (C=O) groups is 2. The second-order valence-electron chi connectivity index (χ2n) is 9.60. The normalized spacial score (nSPS) is 11.3. The number of aryl methyl sites for hydroxylation is 1. The molecular weight excluding hydrogens is 504 g/mol. The van der Waals surface area contributed by atoms with Gasteiger partial charge in [-0.2, -0.15) is 8.42 Å². The first-order chi connectivity index (χ1) is 18.3. The van der Waals surface area contributed by atoms with E-state index in [0.29, 0.717) is 13.0 Å². The summed E-state index contributed by atoms with van der Waals surface area (Å²) in [5, 5.41) is 0. The highest BCUT2D eigenvalue weighted by Gasteiger charge is 2.23. The summed E-state index contributed by atoms with van der Waals surface area (Å²) in [4.78, 5) is 26.0. The average Bonchev–Trinajstić information content (AvgIpc) is 2.89. The van der Waals surface area contributed by atoms with Gasteiger partial charge in [-0.1, -0.05) is 90.2 Å². The summed E-state index contributed by atoms with van der Waals surface area (Å²) in [6.07, 6.45) is 13.7. The summed E-state index contributed by atoms with van der Waals surface area (Å²) < 4.78 is 42.7. The van der Waals surface area contributed by atoms with E-state index in [2.05, 4.69) is 13.8 Å². The first-order valence-corrected chi connectivity index (χ1v) is 15.3. The van der Waals surface area contributed by atoms with Crippen molar-refractivity contribution >= 4 is 22.1 Å². The molecular formula is C30H42O7S. The van der Waals surface area contributed by atoms with Crippen LogP contribution in [0.15, 0.2) is 47.4 Å². The Labute approximate surface area is 227 Å². The van der Waals surface area contributed by atoms with E-state index in [1.165, 1.54) is 50.7 Å². The van der Waals surface area contributed by atoms with E-state index in [9.17, 15) is 18.0 Å². The Balaban J connectivity index is 2.15. The SMILES string of the molecule is CCCCCCCCOC(=O)c1c(CCCCCCCC)cccc1C(=O)Oc1ccc(S(=O)(=O)O)cc1. The third kappa shape index (κ3) is 11.0. The molecule has 8 heteroatoms. The molecule has 7 nitrogen and oxygen atoms in total. The van der Waals surface area contributed by atoms with Gasteiger partial charge in [0.25, 0.3) is 10.1 Å². The highest BCUT2D eigenvalue weighted by atomic mass is 32.2. The van der Waals surface area contributed by atoms with Gasteiger partial charge in [-0.15, -0.1) is 0 Å². The van der Waals surface area contributed by atoms with Crippen LogP contribution in [0.3, 0.4) is 0 Å². The van der Waals surface area contributed by atoms with Gasteiger partial charge in [0.2, 0.25) is 0 Å². The van der Waals surface area contributed by atoms with Gasteiger partial charge in [-0.25, -0.2) is 9.59 Å². The van der Waals surface area contributed by atoms with Crippen LogP contribution in [-0.4, -0.2) is 31.5 Å². The lowest BCUT2D eigenvalue weighted by Gasteiger charge is -2.14. The Morgan fingerprint density at radius 2 is 1.32 bits per heavy atom. The fourth-order valence-electron chi connectivity index (χ4n) is 4.28. The number of hydrogen-bond acceptors (Lipinski definition) is 6. The lowest BCUT2D eigenvalue weighted by molar-refractivity contribution is 0.0488. The monoisotopic (exact) mass is 546 g/mol. The molecule has 0 aromatic heterocycles. The minimum Gasteiger partial charge on any atom is -0.462 e. The van der Waals surface area contributed by atoms with E-state index >= 15 is 0 Å². The minimum atomic E-state index is -4.36. The number of carbonyl (C=O) groups excluding carboxylic acids is 2. The maximum absolute atomic E-state index is 13.2. The molecule has 0 bridgehead atoms. The standard InChI is InChI=1S/C30H42O7S/c1-3-5-7-9-11-13-16-24-17-15-18-27(28(24)30(32)36-23-14-12-10-8-6-4-2)29(31)37-25-19-21-26(22-20-25)38(33,34)35/h15,17-22H,3-14,16,23H2,1-2H3,(H,33,34,35). The van der Waals surface area contributed by atoms with Crippen LogP contribution < -0.4 is 4.74 Å². The third-order valence-electron chi connectivity index (χ3n) is 6.44. The molecule has 1 N–H and O–H groups in total. The lowest BCUT2D eigenvalue weighted by atomic mass is 9.96.